The van der Waals surface area contributed by atoms with Crippen LogP contribution in [0, 0.1) is 19.3 Å². The van der Waals surface area contributed by atoms with Crippen molar-refractivity contribution in [3.8, 4) is 12.3 Å². The number of anilines is 1. The van der Waals surface area contributed by atoms with Gasteiger partial charge in [0.2, 0.25) is 0 Å². The van der Waals surface area contributed by atoms with Gasteiger partial charge in [0.05, 0.1) is 25.3 Å². The number of esters is 2. The number of ether oxygens (including phenoxy) is 2. The SMILES string of the molecule is C#CC(CC)(CC)NC(=S)Nc1sc(C(=O)OC)c(C)c1C(=O)OC. The maximum Gasteiger partial charge on any atom is 0.348 e. The second-order valence-corrected chi connectivity index (χ2v) is 6.69. The lowest BCUT2D eigenvalue weighted by molar-refractivity contribution is 0.0601. The van der Waals surface area contributed by atoms with Crippen LogP contribution in [0.1, 0.15) is 52.3 Å². The molecule has 0 spiro atoms. The Bertz CT molecular complexity index is 715. The number of methoxy groups -OCH3 is 2. The number of thiocarbonyl (C=S) groups is 1. The Balaban J connectivity index is 3.20. The summed E-state index contributed by atoms with van der Waals surface area (Å²) in [7, 11) is 2.55. The van der Waals surface area contributed by atoms with E-state index in [2.05, 4.69) is 16.6 Å². The Labute approximate surface area is 157 Å². The number of terminal acetylenes is 1. The first-order valence-corrected chi connectivity index (χ1v) is 8.88. The minimum absolute atomic E-state index is 0.247. The summed E-state index contributed by atoms with van der Waals surface area (Å²) in [6.45, 7) is 5.58. The fourth-order valence-corrected chi connectivity index (χ4v) is 3.74. The van der Waals surface area contributed by atoms with E-state index < -0.39 is 17.5 Å². The van der Waals surface area contributed by atoms with Gasteiger partial charge in [0, 0.05) is 0 Å². The van der Waals surface area contributed by atoms with Crippen molar-refractivity contribution >= 4 is 45.6 Å². The van der Waals surface area contributed by atoms with Gasteiger partial charge in [0.1, 0.15) is 9.88 Å². The van der Waals surface area contributed by atoms with Gasteiger partial charge in [-0.2, -0.15) is 0 Å². The highest BCUT2D eigenvalue weighted by Crippen LogP contribution is 2.34. The summed E-state index contributed by atoms with van der Waals surface area (Å²) >= 11 is 6.41. The van der Waals surface area contributed by atoms with Crippen LogP contribution in [0.15, 0.2) is 0 Å². The summed E-state index contributed by atoms with van der Waals surface area (Å²) in [6.07, 6.45) is 6.99. The second-order valence-electron chi connectivity index (χ2n) is 5.26. The van der Waals surface area contributed by atoms with Crippen molar-refractivity contribution in [3.63, 3.8) is 0 Å². The molecule has 25 heavy (non-hydrogen) atoms. The molecule has 0 atom stereocenters. The number of carbonyl (C=O) groups is 2. The molecule has 0 saturated heterocycles. The Kier molecular flexibility index (Phi) is 7.39. The van der Waals surface area contributed by atoms with Crippen LogP contribution in [0.4, 0.5) is 5.00 Å². The third-order valence-corrected chi connectivity index (χ3v) is 5.36. The maximum absolute atomic E-state index is 12.1. The molecule has 0 bridgehead atoms. The summed E-state index contributed by atoms with van der Waals surface area (Å²) in [5.74, 6) is 1.63. The molecule has 0 unspecified atom stereocenters. The van der Waals surface area contributed by atoms with E-state index in [0.29, 0.717) is 28.3 Å². The Hall–Kier alpha value is -2.11. The van der Waals surface area contributed by atoms with Crippen molar-refractivity contribution in [1.82, 2.24) is 5.32 Å². The van der Waals surface area contributed by atoms with Gasteiger partial charge in [-0.3, -0.25) is 0 Å². The van der Waals surface area contributed by atoms with Crippen LogP contribution in [-0.2, 0) is 9.47 Å². The molecule has 0 aromatic carbocycles. The molecule has 0 aliphatic carbocycles. The number of carbonyl (C=O) groups excluding carboxylic acids is 2. The minimum Gasteiger partial charge on any atom is -0.465 e. The number of thiophene rings is 1. The smallest absolute Gasteiger partial charge is 0.348 e. The van der Waals surface area contributed by atoms with E-state index in [0.717, 1.165) is 11.3 Å². The molecule has 6 nitrogen and oxygen atoms in total. The predicted octanol–water partition coefficient (Wildman–Crippen LogP) is 3.11. The zero-order chi connectivity index (χ0) is 19.2. The molecule has 8 heteroatoms. The molecule has 1 aromatic heterocycles. The minimum atomic E-state index is -0.576. The number of hydrogen-bond acceptors (Lipinski definition) is 6. The van der Waals surface area contributed by atoms with Gasteiger partial charge in [-0.1, -0.05) is 19.8 Å². The van der Waals surface area contributed by atoms with Gasteiger partial charge >= 0.3 is 11.9 Å². The molecule has 1 heterocycles. The average Bonchev–Trinajstić information content (AvgIpc) is 2.94. The average molecular weight is 383 g/mol. The first-order chi connectivity index (χ1) is 11.8. The van der Waals surface area contributed by atoms with Crippen molar-refractivity contribution in [2.45, 2.75) is 39.2 Å². The molecular weight excluding hydrogens is 360 g/mol. The molecule has 0 amide bonds. The zero-order valence-corrected chi connectivity index (χ0v) is 16.6. The van der Waals surface area contributed by atoms with Crippen LogP contribution >= 0.6 is 23.6 Å². The van der Waals surface area contributed by atoms with E-state index in [9.17, 15) is 9.59 Å². The summed E-state index contributed by atoms with van der Waals surface area (Å²) in [5.41, 5.74) is 0.145. The van der Waals surface area contributed by atoms with Crippen LogP contribution < -0.4 is 10.6 Å². The third kappa shape index (κ3) is 4.50. The van der Waals surface area contributed by atoms with Crippen LogP contribution in [0.3, 0.4) is 0 Å². The van der Waals surface area contributed by atoms with Gasteiger partial charge in [0.15, 0.2) is 5.11 Å². The lowest BCUT2D eigenvalue weighted by Crippen LogP contribution is -2.48. The van der Waals surface area contributed by atoms with Crippen LogP contribution in [-0.4, -0.2) is 36.8 Å². The van der Waals surface area contributed by atoms with E-state index in [1.54, 1.807) is 6.92 Å². The highest BCUT2D eigenvalue weighted by Gasteiger charge is 2.28. The third-order valence-electron chi connectivity index (χ3n) is 3.97. The van der Waals surface area contributed by atoms with E-state index in [-0.39, 0.29) is 10.7 Å². The maximum atomic E-state index is 12.1. The number of hydrogen-bond donors (Lipinski definition) is 2. The lowest BCUT2D eigenvalue weighted by atomic mass is 9.94. The standard InChI is InChI=1S/C17H22N2O4S2/c1-7-17(8-2,9-3)19-16(24)18-13-11(14(20)22-5)10(4)12(25-13)15(21)23-6/h1H,8-9H2,2-6H3,(H2,18,19,24). The highest BCUT2D eigenvalue weighted by atomic mass is 32.1. The normalized spacial score (nSPS) is 10.6. The predicted molar refractivity (Wildman–Crippen MR) is 103 cm³/mol. The summed E-state index contributed by atoms with van der Waals surface area (Å²) in [6, 6.07) is 0. The van der Waals surface area contributed by atoms with Crippen molar-refractivity contribution in [2.75, 3.05) is 19.5 Å². The van der Waals surface area contributed by atoms with E-state index >= 15 is 0 Å². The van der Waals surface area contributed by atoms with Crippen molar-refractivity contribution in [1.29, 1.82) is 0 Å². The largest absolute Gasteiger partial charge is 0.465 e. The molecular formula is C17H22N2O4S2. The quantitative estimate of drug-likeness (QED) is 0.445. The Morgan fingerprint density at radius 3 is 2.24 bits per heavy atom. The fraction of sp³-hybridized carbons (Fsp3) is 0.471. The molecule has 1 rings (SSSR count). The first-order valence-electron chi connectivity index (χ1n) is 7.66. The van der Waals surface area contributed by atoms with Crippen LogP contribution in [0.25, 0.3) is 0 Å². The van der Waals surface area contributed by atoms with E-state index in [1.807, 2.05) is 13.8 Å². The molecule has 0 aliphatic rings. The Morgan fingerprint density at radius 1 is 1.24 bits per heavy atom. The highest BCUT2D eigenvalue weighted by molar-refractivity contribution is 7.80. The van der Waals surface area contributed by atoms with Gasteiger partial charge in [-0.15, -0.1) is 17.8 Å². The van der Waals surface area contributed by atoms with Gasteiger partial charge < -0.3 is 20.1 Å². The molecule has 0 aliphatic heterocycles. The van der Waals surface area contributed by atoms with E-state index in [4.69, 9.17) is 28.1 Å². The topological polar surface area (TPSA) is 76.7 Å². The fourth-order valence-electron chi connectivity index (χ4n) is 2.26. The molecule has 0 radical (unpaired) electrons. The van der Waals surface area contributed by atoms with Crippen molar-refractivity contribution < 1.29 is 19.1 Å². The molecule has 1 aromatic rings. The van der Waals surface area contributed by atoms with E-state index in [1.165, 1.54) is 14.2 Å². The zero-order valence-electron chi connectivity index (χ0n) is 14.9. The Morgan fingerprint density at radius 2 is 1.80 bits per heavy atom. The number of nitrogens with one attached hydrogen (secondary N) is 2. The summed E-state index contributed by atoms with van der Waals surface area (Å²) in [4.78, 5) is 24.3. The summed E-state index contributed by atoms with van der Waals surface area (Å²) in [5, 5.41) is 6.74. The monoisotopic (exact) mass is 382 g/mol. The summed E-state index contributed by atoms with van der Waals surface area (Å²) < 4.78 is 9.56. The van der Waals surface area contributed by atoms with Gasteiger partial charge in [-0.05, 0) is 37.5 Å². The van der Waals surface area contributed by atoms with Crippen molar-refractivity contribution in [2.24, 2.45) is 0 Å². The van der Waals surface area contributed by atoms with Gasteiger partial charge in [-0.25, -0.2) is 9.59 Å². The molecule has 2 N–H and O–H groups in total. The first kappa shape index (κ1) is 20.9. The lowest BCUT2D eigenvalue weighted by Gasteiger charge is -2.28. The molecule has 0 saturated carbocycles. The van der Waals surface area contributed by atoms with Gasteiger partial charge in [0.25, 0.3) is 0 Å². The van der Waals surface area contributed by atoms with Crippen molar-refractivity contribution in [3.05, 3.63) is 16.0 Å². The second kappa shape index (κ2) is 8.83. The molecule has 0 fully saturated rings. The molecule has 136 valence electrons. The van der Waals surface area contributed by atoms with Crippen LogP contribution in [0.5, 0.6) is 0 Å². The number of rotatable bonds is 6. The van der Waals surface area contributed by atoms with Crippen LogP contribution in [0.2, 0.25) is 0 Å².